The molecule has 0 spiro atoms. The Morgan fingerprint density at radius 3 is 2.88 bits per heavy atom. The van der Waals surface area contributed by atoms with E-state index in [0.29, 0.717) is 12.0 Å². The number of aliphatic hydroxyl groups excluding tert-OH is 1. The molecule has 0 aromatic carbocycles. The average molecular weight is 220 g/mol. The smallest absolute Gasteiger partial charge is 0.0644 e. The molecule has 3 fully saturated rings. The van der Waals surface area contributed by atoms with E-state index >= 15 is 0 Å². The summed E-state index contributed by atoms with van der Waals surface area (Å²) in [5.41, 5.74) is 1.91. The third kappa shape index (κ3) is 1.11. The lowest BCUT2D eigenvalue weighted by Crippen LogP contribution is -2.64. The third-order valence-electron chi connectivity index (χ3n) is 5.99. The maximum Gasteiger partial charge on any atom is 0.0644 e. The van der Waals surface area contributed by atoms with E-state index in [-0.39, 0.29) is 0 Å². The Hall–Kier alpha value is -0.300. The number of rotatable bonds is 2. The van der Waals surface area contributed by atoms with Crippen LogP contribution in [0.15, 0.2) is 11.6 Å². The highest BCUT2D eigenvalue weighted by Crippen LogP contribution is 2.71. The maximum atomic E-state index is 9.51. The Bertz CT molecular complexity index is 330. The zero-order chi connectivity index (χ0) is 11.5. The lowest BCUT2D eigenvalue weighted by molar-refractivity contribution is -0.183. The van der Waals surface area contributed by atoms with Gasteiger partial charge in [0, 0.05) is 0 Å². The summed E-state index contributed by atoms with van der Waals surface area (Å²) >= 11 is 0. The summed E-state index contributed by atoms with van der Waals surface area (Å²) in [4.78, 5) is 0. The fraction of sp³-hybridized carbons (Fsp3) is 0.867. The van der Waals surface area contributed by atoms with Crippen LogP contribution >= 0.6 is 0 Å². The molecule has 4 bridgehead atoms. The van der Waals surface area contributed by atoms with Crippen LogP contribution in [0.2, 0.25) is 0 Å². The first-order valence-electron chi connectivity index (χ1n) is 6.89. The molecule has 0 aromatic rings. The molecule has 0 aromatic heterocycles. The molecule has 0 heterocycles. The molecule has 1 nitrogen and oxygen atoms in total. The Balaban J connectivity index is 1.93. The van der Waals surface area contributed by atoms with E-state index in [4.69, 9.17) is 0 Å². The summed E-state index contributed by atoms with van der Waals surface area (Å²) in [6.45, 7) is 7.53. The fourth-order valence-corrected chi connectivity index (χ4v) is 5.22. The van der Waals surface area contributed by atoms with Gasteiger partial charge in [0.25, 0.3) is 0 Å². The second-order valence-corrected chi connectivity index (χ2v) is 6.79. The number of aliphatic hydroxyl groups is 1. The second-order valence-electron chi connectivity index (χ2n) is 6.79. The number of fused-ring (bicyclic) bond motifs is 2. The normalized spacial score (nSPS) is 49.9. The van der Waals surface area contributed by atoms with Crippen molar-refractivity contribution in [3.8, 4) is 0 Å². The molecular weight excluding hydrogens is 196 g/mol. The van der Waals surface area contributed by atoms with Crippen molar-refractivity contribution in [2.75, 3.05) is 6.61 Å². The van der Waals surface area contributed by atoms with Gasteiger partial charge in [0.2, 0.25) is 0 Å². The molecule has 0 saturated heterocycles. The van der Waals surface area contributed by atoms with Gasteiger partial charge in [-0.3, -0.25) is 0 Å². The van der Waals surface area contributed by atoms with E-state index in [1.54, 1.807) is 0 Å². The average Bonchev–Trinajstić information content (AvgIpc) is 2.29. The van der Waals surface area contributed by atoms with Gasteiger partial charge in [0.1, 0.15) is 0 Å². The predicted octanol–water partition coefficient (Wildman–Crippen LogP) is 3.24. The largest absolute Gasteiger partial charge is 0.392 e. The van der Waals surface area contributed by atoms with Crippen LogP contribution in [0.25, 0.3) is 0 Å². The van der Waals surface area contributed by atoms with Gasteiger partial charge >= 0.3 is 0 Å². The van der Waals surface area contributed by atoms with Crippen LogP contribution in [0.4, 0.5) is 0 Å². The lowest BCUT2D eigenvalue weighted by atomic mass is 9.34. The van der Waals surface area contributed by atoms with Gasteiger partial charge in [0.15, 0.2) is 0 Å². The first-order valence-corrected chi connectivity index (χ1v) is 6.89. The van der Waals surface area contributed by atoms with Crippen LogP contribution in [0.3, 0.4) is 0 Å². The van der Waals surface area contributed by atoms with Crippen LogP contribution < -0.4 is 0 Å². The van der Waals surface area contributed by atoms with E-state index in [1.165, 1.54) is 24.8 Å². The molecule has 16 heavy (non-hydrogen) atoms. The topological polar surface area (TPSA) is 20.2 Å². The predicted molar refractivity (Wildman–Crippen MR) is 65.9 cm³/mol. The first kappa shape index (κ1) is 10.8. The lowest BCUT2D eigenvalue weighted by Gasteiger charge is -2.70. The highest BCUT2D eigenvalue weighted by Gasteiger charge is 2.65. The Morgan fingerprint density at radius 2 is 2.25 bits per heavy atom. The van der Waals surface area contributed by atoms with Crippen molar-refractivity contribution in [1.82, 2.24) is 0 Å². The van der Waals surface area contributed by atoms with E-state index in [1.807, 2.05) is 0 Å². The highest BCUT2D eigenvalue weighted by atomic mass is 16.3. The zero-order valence-corrected chi connectivity index (χ0v) is 10.7. The van der Waals surface area contributed by atoms with Crippen LogP contribution in [-0.2, 0) is 0 Å². The quantitative estimate of drug-likeness (QED) is 0.708. The van der Waals surface area contributed by atoms with E-state index in [0.717, 1.165) is 29.6 Å². The Labute approximate surface area is 98.9 Å². The van der Waals surface area contributed by atoms with E-state index in [9.17, 15) is 5.11 Å². The van der Waals surface area contributed by atoms with Crippen molar-refractivity contribution in [2.24, 2.45) is 35.0 Å². The van der Waals surface area contributed by atoms with Crippen molar-refractivity contribution >= 4 is 0 Å². The zero-order valence-electron chi connectivity index (χ0n) is 10.7. The van der Waals surface area contributed by atoms with Crippen molar-refractivity contribution in [2.45, 2.75) is 40.0 Å². The summed E-state index contributed by atoms with van der Waals surface area (Å²) in [7, 11) is 0. The Morgan fingerprint density at radius 1 is 1.50 bits per heavy atom. The molecule has 4 aliphatic rings. The number of hydrogen-bond donors (Lipinski definition) is 1. The Kier molecular flexibility index (Phi) is 2.27. The monoisotopic (exact) mass is 220 g/mol. The van der Waals surface area contributed by atoms with E-state index < -0.39 is 0 Å². The second kappa shape index (κ2) is 3.35. The standard InChI is InChI=1S/C15H24O/c1-9(2)11-6-7-15(3)12-5-4-10(8-16)14(15)13(11)12/h4,9,11-14,16H,5-8H2,1-3H3/t11-,12+,13?,14?,15-/m1/s1. The number of hydrogen-bond acceptors (Lipinski definition) is 1. The minimum absolute atomic E-state index is 0.300. The van der Waals surface area contributed by atoms with Crippen molar-refractivity contribution in [3.63, 3.8) is 0 Å². The molecule has 5 atom stereocenters. The number of allylic oxidation sites excluding steroid dienone is 1. The van der Waals surface area contributed by atoms with Crippen molar-refractivity contribution < 1.29 is 5.11 Å². The molecule has 2 unspecified atom stereocenters. The summed E-state index contributed by atoms with van der Waals surface area (Å²) < 4.78 is 0. The van der Waals surface area contributed by atoms with Gasteiger partial charge in [-0.25, -0.2) is 0 Å². The third-order valence-corrected chi connectivity index (χ3v) is 5.99. The summed E-state index contributed by atoms with van der Waals surface area (Å²) in [6, 6.07) is 0. The minimum atomic E-state index is 0.300. The molecule has 0 aliphatic heterocycles. The van der Waals surface area contributed by atoms with Crippen molar-refractivity contribution in [3.05, 3.63) is 11.6 Å². The molecule has 3 saturated carbocycles. The molecule has 0 amide bonds. The van der Waals surface area contributed by atoms with Gasteiger partial charge in [-0.1, -0.05) is 26.8 Å². The molecule has 4 aliphatic carbocycles. The maximum absolute atomic E-state index is 9.51. The minimum Gasteiger partial charge on any atom is -0.392 e. The van der Waals surface area contributed by atoms with Crippen LogP contribution in [0.5, 0.6) is 0 Å². The molecule has 1 heteroatoms. The van der Waals surface area contributed by atoms with Gasteiger partial charge in [-0.15, -0.1) is 0 Å². The molecule has 90 valence electrons. The highest BCUT2D eigenvalue weighted by molar-refractivity contribution is 5.29. The van der Waals surface area contributed by atoms with E-state index in [2.05, 4.69) is 26.8 Å². The molecule has 1 N–H and O–H groups in total. The SMILES string of the molecule is CC(C)[C@H]1CC[C@@]2(C)C3C(CO)=CC[C@H]2C31. The van der Waals surface area contributed by atoms with Gasteiger partial charge in [-0.2, -0.15) is 0 Å². The molecule has 0 radical (unpaired) electrons. The summed E-state index contributed by atoms with van der Waals surface area (Å²) in [5.74, 6) is 4.27. The van der Waals surface area contributed by atoms with Crippen molar-refractivity contribution in [1.29, 1.82) is 0 Å². The first-order chi connectivity index (χ1) is 7.59. The fourth-order valence-electron chi connectivity index (χ4n) is 5.22. The molecular formula is C15H24O. The molecule has 4 rings (SSSR count). The van der Waals surface area contributed by atoms with Crippen LogP contribution in [-0.4, -0.2) is 11.7 Å². The summed E-state index contributed by atoms with van der Waals surface area (Å²) in [6.07, 6.45) is 6.37. The van der Waals surface area contributed by atoms with Crippen LogP contribution in [0, 0.1) is 35.0 Å². The van der Waals surface area contributed by atoms with Gasteiger partial charge in [0.05, 0.1) is 6.61 Å². The summed E-state index contributed by atoms with van der Waals surface area (Å²) in [5, 5.41) is 9.51. The van der Waals surface area contributed by atoms with Crippen LogP contribution in [0.1, 0.15) is 40.0 Å². The van der Waals surface area contributed by atoms with Gasteiger partial charge < -0.3 is 5.11 Å². The van der Waals surface area contributed by atoms with Gasteiger partial charge in [-0.05, 0) is 59.8 Å².